The second kappa shape index (κ2) is 5.06. The first kappa shape index (κ1) is 11.3. The number of benzene rings is 1. The second-order valence-corrected chi connectivity index (χ2v) is 2.24. The van der Waals surface area contributed by atoms with Gasteiger partial charge < -0.3 is 5.73 Å². The second-order valence-electron chi connectivity index (χ2n) is 2.24. The smallest absolute Gasteiger partial charge is 0.129 e. The molecule has 2 N–H and O–H groups in total. The van der Waals surface area contributed by atoms with Gasteiger partial charge in [-0.2, -0.15) is 0 Å². The van der Waals surface area contributed by atoms with Gasteiger partial charge in [-0.3, -0.25) is 0 Å². The summed E-state index contributed by atoms with van der Waals surface area (Å²) < 4.78 is 25.5. The van der Waals surface area contributed by atoms with E-state index >= 15 is 0 Å². The molecule has 0 radical (unpaired) electrons. The van der Waals surface area contributed by atoms with Gasteiger partial charge in [0.25, 0.3) is 0 Å². The van der Waals surface area contributed by atoms with Crippen molar-refractivity contribution in [3.8, 4) is 0 Å². The molecule has 0 saturated heterocycles. The van der Waals surface area contributed by atoms with E-state index in [0.717, 1.165) is 0 Å². The first-order valence-corrected chi connectivity index (χ1v) is 3.38. The molecule has 0 amide bonds. The minimum atomic E-state index is -0.518. The van der Waals surface area contributed by atoms with Crippen LogP contribution in [0.2, 0.25) is 0 Å². The van der Waals surface area contributed by atoms with Gasteiger partial charge in [0.2, 0.25) is 0 Å². The standard InChI is InChI=1S/C8H9F2N.ClH/c9-7-2-1-3-8(10)6(7)4-5-11;/h1-3H,4-5,11H2;1H. The van der Waals surface area contributed by atoms with E-state index < -0.39 is 11.6 Å². The van der Waals surface area contributed by atoms with Gasteiger partial charge in [-0.25, -0.2) is 8.78 Å². The van der Waals surface area contributed by atoms with E-state index in [1.807, 2.05) is 0 Å². The molecule has 0 aliphatic carbocycles. The molecule has 0 aromatic heterocycles. The number of nitrogens with two attached hydrogens (primary N) is 1. The minimum absolute atomic E-state index is 0. The molecule has 0 heterocycles. The Hall–Kier alpha value is -0.670. The average molecular weight is 194 g/mol. The molecule has 1 nitrogen and oxygen atoms in total. The van der Waals surface area contributed by atoms with Crippen molar-refractivity contribution < 1.29 is 8.78 Å². The molecule has 4 heteroatoms. The van der Waals surface area contributed by atoms with Crippen LogP contribution in [0.15, 0.2) is 18.2 Å². The SMILES string of the molecule is Cl.NCCc1c(F)cccc1F. The Morgan fingerprint density at radius 3 is 2.08 bits per heavy atom. The average Bonchev–Trinajstić information content (AvgIpc) is 1.97. The first-order valence-electron chi connectivity index (χ1n) is 3.38. The predicted molar refractivity (Wildman–Crippen MR) is 46.4 cm³/mol. The molecule has 1 rings (SSSR count). The van der Waals surface area contributed by atoms with Gasteiger partial charge in [0.15, 0.2) is 0 Å². The van der Waals surface area contributed by atoms with Crippen LogP contribution in [0.5, 0.6) is 0 Å². The topological polar surface area (TPSA) is 26.0 Å². The highest BCUT2D eigenvalue weighted by Crippen LogP contribution is 2.11. The van der Waals surface area contributed by atoms with Gasteiger partial charge in [-0.15, -0.1) is 12.4 Å². The maximum atomic E-state index is 12.7. The zero-order chi connectivity index (χ0) is 8.27. The van der Waals surface area contributed by atoms with Crippen molar-refractivity contribution in [3.63, 3.8) is 0 Å². The van der Waals surface area contributed by atoms with E-state index in [2.05, 4.69) is 0 Å². The van der Waals surface area contributed by atoms with Crippen molar-refractivity contribution >= 4 is 12.4 Å². The summed E-state index contributed by atoms with van der Waals surface area (Å²) in [5, 5.41) is 0. The molecule has 0 atom stereocenters. The summed E-state index contributed by atoms with van der Waals surface area (Å²) in [5.74, 6) is -1.04. The molecule has 0 unspecified atom stereocenters. The fraction of sp³-hybridized carbons (Fsp3) is 0.250. The Bertz CT molecular complexity index is 233. The quantitative estimate of drug-likeness (QED) is 0.763. The normalized spacial score (nSPS) is 9.25. The van der Waals surface area contributed by atoms with E-state index in [1.165, 1.54) is 18.2 Å². The number of hydrogen-bond donors (Lipinski definition) is 1. The van der Waals surface area contributed by atoms with Crippen molar-refractivity contribution in [2.45, 2.75) is 6.42 Å². The molecule has 0 saturated carbocycles. The van der Waals surface area contributed by atoms with Gasteiger partial charge in [0, 0.05) is 5.56 Å². The van der Waals surface area contributed by atoms with Crippen LogP contribution in [0.4, 0.5) is 8.78 Å². The molecule has 1 aromatic rings. The van der Waals surface area contributed by atoms with Gasteiger partial charge >= 0.3 is 0 Å². The summed E-state index contributed by atoms with van der Waals surface area (Å²) in [6.07, 6.45) is 0.249. The van der Waals surface area contributed by atoms with Crippen LogP contribution in [0.3, 0.4) is 0 Å². The summed E-state index contributed by atoms with van der Waals surface area (Å²) in [7, 11) is 0. The fourth-order valence-electron chi connectivity index (χ4n) is 0.916. The number of hydrogen-bond acceptors (Lipinski definition) is 1. The lowest BCUT2D eigenvalue weighted by molar-refractivity contribution is 0.556. The third-order valence-corrected chi connectivity index (χ3v) is 1.46. The van der Waals surface area contributed by atoms with Gasteiger partial charge in [0.1, 0.15) is 11.6 Å². The first-order chi connectivity index (χ1) is 5.25. The van der Waals surface area contributed by atoms with Crippen LogP contribution in [0, 0.1) is 11.6 Å². The van der Waals surface area contributed by atoms with Gasteiger partial charge in [-0.05, 0) is 25.1 Å². The molecule has 0 aliphatic heterocycles. The molecule has 0 aliphatic rings. The van der Waals surface area contributed by atoms with Gasteiger partial charge in [-0.1, -0.05) is 6.07 Å². The predicted octanol–water partition coefficient (Wildman–Crippen LogP) is 1.89. The fourth-order valence-corrected chi connectivity index (χ4v) is 0.916. The minimum Gasteiger partial charge on any atom is -0.330 e. The van der Waals surface area contributed by atoms with E-state index in [1.54, 1.807) is 0 Å². The zero-order valence-corrected chi connectivity index (χ0v) is 7.20. The van der Waals surface area contributed by atoms with Crippen molar-refractivity contribution in [2.75, 3.05) is 6.54 Å². The molecule has 1 aromatic carbocycles. The molecular weight excluding hydrogens is 184 g/mol. The van der Waals surface area contributed by atoms with E-state index in [0.29, 0.717) is 0 Å². The summed E-state index contributed by atoms with van der Waals surface area (Å²) in [6, 6.07) is 3.80. The van der Waals surface area contributed by atoms with Crippen molar-refractivity contribution in [1.82, 2.24) is 0 Å². The maximum absolute atomic E-state index is 12.7. The molecule has 0 fully saturated rings. The Balaban J connectivity index is 0.00000121. The molecule has 0 spiro atoms. The summed E-state index contributed by atoms with van der Waals surface area (Å²) in [4.78, 5) is 0. The summed E-state index contributed by atoms with van der Waals surface area (Å²) in [5.41, 5.74) is 5.24. The van der Waals surface area contributed by atoms with Crippen LogP contribution in [-0.4, -0.2) is 6.54 Å². The monoisotopic (exact) mass is 193 g/mol. The summed E-state index contributed by atoms with van der Waals surface area (Å²) in [6.45, 7) is 0.262. The largest absolute Gasteiger partial charge is 0.330 e. The van der Waals surface area contributed by atoms with Crippen LogP contribution < -0.4 is 5.73 Å². The summed E-state index contributed by atoms with van der Waals surface area (Å²) >= 11 is 0. The van der Waals surface area contributed by atoms with Crippen molar-refractivity contribution in [2.24, 2.45) is 5.73 Å². The maximum Gasteiger partial charge on any atom is 0.129 e. The Labute approximate surface area is 76.0 Å². The Kier molecular flexibility index (Phi) is 4.78. The van der Waals surface area contributed by atoms with Crippen molar-refractivity contribution in [3.05, 3.63) is 35.4 Å². The van der Waals surface area contributed by atoms with Crippen LogP contribution in [0.1, 0.15) is 5.56 Å². The molecule has 68 valence electrons. The van der Waals surface area contributed by atoms with Crippen LogP contribution >= 0.6 is 12.4 Å². The molecule has 0 bridgehead atoms. The number of halogens is 3. The van der Waals surface area contributed by atoms with Crippen molar-refractivity contribution in [1.29, 1.82) is 0 Å². The third kappa shape index (κ3) is 2.43. The highest BCUT2D eigenvalue weighted by molar-refractivity contribution is 5.85. The van der Waals surface area contributed by atoms with Crippen LogP contribution in [-0.2, 0) is 6.42 Å². The van der Waals surface area contributed by atoms with Crippen LogP contribution in [0.25, 0.3) is 0 Å². The van der Waals surface area contributed by atoms with E-state index in [9.17, 15) is 8.78 Å². The molecular formula is C8H10ClF2N. The highest BCUT2D eigenvalue weighted by atomic mass is 35.5. The molecule has 12 heavy (non-hydrogen) atoms. The lowest BCUT2D eigenvalue weighted by Crippen LogP contribution is -2.06. The lowest BCUT2D eigenvalue weighted by Gasteiger charge is -2.00. The number of rotatable bonds is 2. The third-order valence-electron chi connectivity index (χ3n) is 1.46. The zero-order valence-electron chi connectivity index (χ0n) is 6.39. The Morgan fingerprint density at radius 1 is 1.17 bits per heavy atom. The lowest BCUT2D eigenvalue weighted by atomic mass is 10.1. The highest BCUT2D eigenvalue weighted by Gasteiger charge is 2.05. The van der Waals surface area contributed by atoms with E-state index in [-0.39, 0.29) is 30.9 Å². The van der Waals surface area contributed by atoms with Gasteiger partial charge in [0.05, 0.1) is 0 Å². The Morgan fingerprint density at radius 2 is 1.67 bits per heavy atom. The van der Waals surface area contributed by atoms with E-state index in [4.69, 9.17) is 5.73 Å².